The fourth-order valence-electron chi connectivity index (χ4n) is 8.88. The van der Waals surface area contributed by atoms with Crippen LogP contribution in [-0.4, -0.2) is 11.3 Å². The first kappa shape index (κ1) is 27.6. The van der Waals surface area contributed by atoms with Crippen molar-refractivity contribution in [2.45, 2.75) is 26.2 Å². The molecule has 7 aromatic rings. The van der Waals surface area contributed by atoms with E-state index in [4.69, 9.17) is 0 Å². The molecule has 0 N–H and O–H groups in total. The van der Waals surface area contributed by atoms with E-state index in [1.54, 1.807) is 12.1 Å². The van der Waals surface area contributed by atoms with Gasteiger partial charge in [-0.15, -0.1) is 0 Å². The molecular weight excluding hydrogens is 588 g/mol. The number of nitrogens with zero attached hydrogens (tertiary/aromatic N) is 3. The smallest absolute Gasteiger partial charge is 0.272 e. The van der Waals surface area contributed by atoms with Crippen molar-refractivity contribution < 1.29 is 4.39 Å². The lowest BCUT2D eigenvalue weighted by Gasteiger charge is -2.44. The number of aromatic nitrogens is 1. The number of anilines is 6. The van der Waals surface area contributed by atoms with Crippen molar-refractivity contribution in [2.24, 2.45) is 7.05 Å². The van der Waals surface area contributed by atoms with Crippen molar-refractivity contribution in [2.75, 3.05) is 9.80 Å². The molecule has 3 nitrogen and oxygen atoms in total. The molecule has 48 heavy (non-hydrogen) atoms. The molecular formula is C43H33BFN3. The Morgan fingerprint density at radius 3 is 2.08 bits per heavy atom. The molecule has 3 aliphatic rings. The summed E-state index contributed by atoms with van der Waals surface area (Å²) in [5.74, 6) is -0.238. The summed E-state index contributed by atoms with van der Waals surface area (Å²) in [5, 5.41) is 1.19. The highest BCUT2D eigenvalue weighted by Gasteiger charge is 2.47. The molecule has 10 rings (SSSR count). The Balaban J connectivity index is 1.36. The third kappa shape index (κ3) is 3.48. The van der Waals surface area contributed by atoms with Gasteiger partial charge in [-0.05, 0) is 101 Å². The fourth-order valence-corrected chi connectivity index (χ4v) is 8.88. The topological polar surface area (TPSA) is 11.4 Å². The van der Waals surface area contributed by atoms with Crippen LogP contribution in [0.4, 0.5) is 38.5 Å². The van der Waals surface area contributed by atoms with Crippen molar-refractivity contribution in [3.8, 4) is 11.1 Å². The number of fused-ring (bicyclic) bond motifs is 9. The molecule has 0 fully saturated rings. The molecule has 0 atom stereocenters. The summed E-state index contributed by atoms with van der Waals surface area (Å²) >= 11 is 0. The van der Waals surface area contributed by atoms with E-state index in [0.29, 0.717) is 0 Å². The molecule has 0 unspecified atom stereocenters. The van der Waals surface area contributed by atoms with Crippen molar-refractivity contribution in [1.29, 1.82) is 0 Å². The molecule has 2 aliphatic heterocycles. The molecule has 0 amide bonds. The maximum Gasteiger partial charge on any atom is 0.272 e. The molecule has 0 bridgehead atoms. The zero-order chi connectivity index (χ0) is 32.5. The lowest BCUT2D eigenvalue weighted by molar-refractivity contribution is 0.628. The standard InChI is InChI=1S/C43H33BFN3/c1-26-16-20-28(21-17-26)47-37-14-9-15-38-40(37)44(35-24-32-30-10-5-7-12-33(30)43(2,3)34(32)25-39(35)47)42-41(31-11-6-8-13-36(31)46(42)4)48(38)29-22-18-27(45)19-23-29/h5-25H,1-4H3. The van der Waals surface area contributed by atoms with Gasteiger partial charge in [-0.1, -0.05) is 86.1 Å². The van der Waals surface area contributed by atoms with Gasteiger partial charge in [-0.2, -0.15) is 0 Å². The van der Waals surface area contributed by atoms with Crippen LogP contribution in [-0.2, 0) is 12.5 Å². The van der Waals surface area contributed by atoms with Gasteiger partial charge in [0.05, 0.1) is 5.69 Å². The molecule has 0 saturated heterocycles. The van der Waals surface area contributed by atoms with Gasteiger partial charge in [0, 0.05) is 57.4 Å². The van der Waals surface area contributed by atoms with Crippen LogP contribution < -0.4 is 26.3 Å². The van der Waals surface area contributed by atoms with E-state index in [1.807, 2.05) is 12.1 Å². The van der Waals surface area contributed by atoms with Crippen LogP contribution >= 0.6 is 0 Å². The lowest BCUT2D eigenvalue weighted by atomic mass is 9.34. The van der Waals surface area contributed by atoms with Crippen LogP contribution in [0.3, 0.4) is 0 Å². The second-order valence-electron chi connectivity index (χ2n) is 14.1. The molecule has 5 heteroatoms. The van der Waals surface area contributed by atoms with Gasteiger partial charge in [0.1, 0.15) is 5.82 Å². The van der Waals surface area contributed by atoms with Crippen LogP contribution in [0.5, 0.6) is 0 Å². The Hall–Kier alpha value is -5.55. The van der Waals surface area contributed by atoms with Gasteiger partial charge in [-0.3, -0.25) is 0 Å². The van der Waals surface area contributed by atoms with Gasteiger partial charge in [0.2, 0.25) is 0 Å². The first-order valence-corrected chi connectivity index (χ1v) is 16.7. The molecule has 3 heterocycles. The van der Waals surface area contributed by atoms with Crippen molar-refractivity contribution in [3.05, 3.63) is 150 Å². The number of rotatable bonds is 2. The summed E-state index contributed by atoms with van der Waals surface area (Å²) < 4.78 is 16.8. The summed E-state index contributed by atoms with van der Waals surface area (Å²) in [7, 11) is 2.20. The van der Waals surface area contributed by atoms with E-state index in [9.17, 15) is 4.39 Å². The van der Waals surface area contributed by atoms with E-state index in [0.717, 1.165) is 22.7 Å². The SMILES string of the molecule is Cc1ccc(N2c3cc4c(cc3B3c5c2cccc5N(c2ccc(F)cc2)c2c3n(C)c3ccccc23)-c2ccccc2C4(C)C)cc1. The summed E-state index contributed by atoms with van der Waals surface area (Å²) in [5.41, 5.74) is 18.2. The van der Waals surface area contributed by atoms with Crippen molar-refractivity contribution in [1.82, 2.24) is 4.57 Å². The summed E-state index contributed by atoms with van der Waals surface area (Å²) in [6.45, 7) is 6.85. The predicted molar refractivity (Wildman–Crippen MR) is 199 cm³/mol. The van der Waals surface area contributed by atoms with Gasteiger partial charge in [0.25, 0.3) is 6.71 Å². The molecule has 6 aromatic carbocycles. The van der Waals surface area contributed by atoms with E-state index in [1.165, 1.54) is 66.6 Å². The summed E-state index contributed by atoms with van der Waals surface area (Å²) in [4.78, 5) is 4.83. The molecule has 0 saturated carbocycles. The number of halogens is 1. The van der Waals surface area contributed by atoms with E-state index >= 15 is 0 Å². The Kier molecular flexibility index (Phi) is 5.46. The van der Waals surface area contributed by atoms with Crippen LogP contribution in [0.2, 0.25) is 0 Å². The highest BCUT2D eigenvalue weighted by molar-refractivity contribution is 7.00. The maximum absolute atomic E-state index is 14.4. The van der Waals surface area contributed by atoms with Crippen molar-refractivity contribution >= 4 is 68.3 Å². The molecule has 230 valence electrons. The summed E-state index contributed by atoms with van der Waals surface area (Å²) in [6.07, 6.45) is 0. The number of benzene rings is 6. The third-order valence-electron chi connectivity index (χ3n) is 11.1. The number of para-hydroxylation sites is 1. The first-order valence-electron chi connectivity index (χ1n) is 16.7. The normalized spacial score (nSPS) is 14.8. The number of aryl methyl sites for hydroxylation is 2. The first-order chi connectivity index (χ1) is 23.3. The van der Waals surface area contributed by atoms with Gasteiger partial charge < -0.3 is 14.4 Å². The molecule has 1 aliphatic carbocycles. The summed E-state index contributed by atoms with van der Waals surface area (Å²) in [6, 6.07) is 45.1. The Morgan fingerprint density at radius 1 is 0.625 bits per heavy atom. The minimum absolute atomic E-state index is 0.0156. The molecule has 0 radical (unpaired) electrons. The molecule has 1 aromatic heterocycles. The lowest BCUT2D eigenvalue weighted by Crippen LogP contribution is -2.62. The van der Waals surface area contributed by atoms with Crippen molar-refractivity contribution in [3.63, 3.8) is 0 Å². The molecule has 0 spiro atoms. The average Bonchev–Trinajstić information content (AvgIpc) is 3.52. The van der Waals surface area contributed by atoms with Crippen LogP contribution in [0, 0.1) is 12.7 Å². The Morgan fingerprint density at radius 2 is 1.29 bits per heavy atom. The van der Waals surface area contributed by atoms with Gasteiger partial charge >= 0.3 is 0 Å². The van der Waals surface area contributed by atoms with Gasteiger partial charge in [-0.25, -0.2) is 4.39 Å². The Bertz CT molecular complexity index is 2470. The highest BCUT2D eigenvalue weighted by Crippen LogP contribution is 2.52. The van der Waals surface area contributed by atoms with Crippen LogP contribution in [0.1, 0.15) is 30.5 Å². The largest absolute Gasteiger partial charge is 0.353 e. The second-order valence-corrected chi connectivity index (χ2v) is 14.1. The third-order valence-corrected chi connectivity index (χ3v) is 11.1. The number of hydrogen-bond donors (Lipinski definition) is 0. The average molecular weight is 622 g/mol. The highest BCUT2D eigenvalue weighted by atomic mass is 19.1. The second kappa shape index (κ2) is 9.51. The maximum atomic E-state index is 14.4. The monoisotopic (exact) mass is 621 g/mol. The number of hydrogen-bond acceptors (Lipinski definition) is 2. The minimum Gasteiger partial charge on any atom is -0.353 e. The zero-order valence-electron chi connectivity index (χ0n) is 27.4. The van der Waals surface area contributed by atoms with E-state index < -0.39 is 0 Å². The quantitative estimate of drug-likeness (QED) is 0.179. The fraction of sp³-hybridized carbons (Fsp3) is 0.116. The van der Waals surface area contributed by atoms with E-state index in [-0.39, 0.29) is 17.9 Å². The van der Waals surface area contributed by atoms with Crippen LogP contribution in [0.15, 0.2) is 127 Å². The zero-order valence-corrected chi connectivity index (χ0v) is 27.4. The van der Waals surface area contributed by atoms with Gasteiger partial charge in [0.15, 0.2) is 0 Å². The van der Waals surface area contributed by atoms with E-state index in [2.05, 4.69) is 145 Å². The minimum atomic E-state index is -0.238. The Labute approximate surface area is 280 Å². The predicted octanol–water partition coefficient (Wildman–Crippen LogP) is 9.01. The van der Waals surface area contributed by atoms with Crippen LogP contribution in [0.25, 0.3) is 22.0 Å².